The third-order valence-electron chi connectivity index (χ3n) is 3.08. The van der Waals surface area contributed by atoms with Crippen molar-refractivity contribution in [2.75, 3.05) is 5.32 Å². The Balaban J connectivity index is 1.86. The fourth-order valence-corrected chi connectivity index (χ4v) is 2.04. The molecule has 0 unspecified atom stereocenters. The highest BCUT2D eigenvalue weighted by atomic mass is 79.9. The molecule has 0 radical (unpaired) electrons. The van der Waals surface area contributed by atoms with Crippen LogP contribution in [-0.4, -0.2) is 18.0 Å². The number of aryl methyl sites for hydroxylation is 1. The van der Waals surface area contributed by atoms with Crippen LogP contribution in [0.5, 0.6) is 0 Å². The SMILES string of the molecule is CCc1ccc(/C=N/NC(=O)C(=O)Nc2ccc(Br)cc2)cc1. The molecule has 0 atom stereocenters. The van der Waals surface area contributed by atoms with Gasteiger partial charge < -0.3 is 5.32 Å². The van der Waals surface area contributed by atoms with E-state index in [1.807, 2.05) is 24.3 Å². The van der Waals surface area contributed by atoms with Crippen molar-refractivity contribution in [2.45, 2.75) is 13.3 Å². The Labute approximate surface area is 142 Å². The molecule has 118 valence electrons. The molecule has 0 aliphatic heterocycles. The van der Waals surface area contributed by atoms with Gasteiger partial charge in [0, 0.05) is 10.2 Å². The van der Waals surface area contributed by atoms with E-state index in [-0.39, 0.29) is 0 Å². The normalized spacial score (nSPS) is 10.5. The molecule has 0 saturated heterocycles. The van der Waals surface area contributed by atoms with Crippen LogP contribution in [0.2, 0.25) is 0 Å². The summed E-state index contributed by atoms with van der Waals surface area (Å²) in [7, 11) is 0. The molecule has 0 bridgehead atoms. The van der Waals surface area contributed by atoms with Gasteiger partial charge in [0.05, 0.1) is 6.21 Å². The van der Waals surface area contributed by atoms with Crippen molar-refractivity contribution >= 4 is 39.6 Å². The first-order chi connectivity index (χ1) is 11.1. The number of rotatable bonds is 4. The number of nitrogens with zero attached hydrogens (tertiary/aromatic N) is 1. The molecule has 2 aromatic carbocycles. The first-order valence-electron chi connectivity index (χ1n) is 7.07. The molecule has 0 fully saturated rings. The Hall–Kier alpha value is -2.47. The van der Waals surface area contributed by atoms with Gasteiger partial charge in [-0.25, -0.2) is 5.43 Å². The van der Waals surface area contributed by atoms with Crippen molar-refractivity contribution in [3.63, 3.8) is 0 Å². The van der Waals surface area contributed by atoms with Gasteiger partial charge in [0.25, 0.3) is 0 Å². The minimum Gasteiger partial charge on any atom is -0.318 e. The first kappa shape index (κ1) is 16.9. The third kappa shape index (κ3) is 5.34. The van der Waals surface area contributed by atoms with Gasteiger partial charge in [-0.3, -0.25) is 9.59 Å². The molecule has 23 heavy (non-hydrogen) atoms. The minimum absolute atomic E-state index is 0.535. The molecule has 2 amide bonds. The highest BCUT2D eigenvalue weighted by Crippen LogP contribution is 2.13. The number of hydrazone groups is 1. The lowest BCUT2D eigenvalue weighted by molar-refractivity contribution is -0.136. The summed E-state index contributed by atoms with van der Waals surface area (Å²) < 4.78 is 0.888. The number of amides is 2. The summed E-state index contributed by atoms with van der Waals surface area (Å²) in [6, 6.07) is 14.7. The number of carbonyl (C=O) groups excluding carboxylic acids is 2. The summed E-state index contributed by atoms with van der Waals surface area (Å²) in [6.45, 7) is 2.08. The predicted molar refractivity (Wildman–Crippen MR) is 94.3 cm³/mol. The first-order valence-corrected chi connectivity index (χ1v) is 7.86. The Bertz CT molecular complexity index is 710. The summed E-state index contributed by atoms with van der Waals surface area (Å²) in [5, 5.41) is 6.27. The summed E-state index contributed by atoms with van der Waals surface area (Å²) in [5.74, 6) is -1.60. The van der Waals surface area contributed by atoms with E-state index in [0.29, 0.717) is 5.69 Å². The van der Waals surface area contributed by atoms with Crippen LogP contribution in [0.4, 0.5) is 5.69 Å². The van der Waals surface area contributed by atoms with Crippen LogP contribution in [0.25, 0.3) is 0 Å². The number of nitrogens with one attached hydrogen (secondary N) is 2. The molecule has 0 aliphatic rings. The second kappa shape index (κ2) is 8.24. The monoisotopic (exact) mass is 373 g/mol. The van der Waals surface area contributed by atoms with Crippen LogP contribution < -0.4 is 10.7 Å². The molecule has 0 saturated carbocycles. The predicted octanol–water partition coefficient (Wildman–Crippen LogP) is 3.10. The van der Waals surface area contributed by atoms with E-state index in [4.69, 9.17) is 0 Å². The van der Waals surface area contributed by atoms with Crippen LogP contribution in [0.3, 0.4) is 0 Å². The lowest BCUT2D eigenvalue weighted by Gasteiger charge is -2.03. The molecule has 0 aromatic heterocycles. The fraction of sp³-hybridized carbons (Fsp3) is 0.118. The second-order valence-electron chi connectivity index (χ2n) is 4.76. The molecular weight excluding hydrogens is 358 g/mol. The lowest BCUT2D eigenvalue weighted by atomic mass is 10.1. The van der Waals surface area contributed by atoms with E-state index < -0.39 is 11.8 Å². The van der Waals surface area contributed by atoms with Crippen molar-refractivity contribution in [3.05, 3.63) is 64.1 Å². The van der Waals surface area contributed by atoms with Crippen LogP contribution in [-0.2, 0) is 16.0 Å². The van der Waals surface area contributed by atoms with Crippen LogP contribution >= 0.6 is 15.9 Å². The zero-order valence-electron chi connectivity index (χ0n) is 12.5. The van der Waals surface area contributed by atoms with Crippen molar-refractivity contribution in [2.24, 2.45) is 5.10 Å². The van der Waals surface area contributed by atoms with Crippen LogP contribution in [0.1, 0.15) is 18.1 Å². The summed E-state index contributed by atoms with van der Waals surface area (Å²) in [6.07, 6.45) is 2.45. The van der Waals surface area contributed by atoms with Gasteiger partial charge >= 0.3 is 11.8 Å². The van der Waals surface area contributed by atoms with E-state index >= 15 is 0 Å². The van der Waals surface area contributed by atoms with Gasteiger partial charge in [-0.1, -0.05) is 47.1 Å². The maximum atomic E-state index is 11.7. The number of hydrogen-bond donors (Lipinski definition) is 2. The Kier molecular flexibility index (Phi) is 6.05. The molecule has 5 nitrogen and oxygen atoms in total. The van der Waals surface area contributed by atoms with Crippen LogP contribution in [0.15, 0.2) is 58.1 Å². The Morgan fingerprint density at radius 1 is 1.04 bits per heavy atom. The number of carbonyl (C=O) groups is 2. The molecule has 0 aliphatic carbocycles. The summed E-state index contributed by atoms with van der Waals surface area (Å²) in [4.78, 5) is 23.4. The Morgan fingerprint density at radius 3 is 2.30 bits per heavy atom. The maximum Gasteiger partial charge on any atom is 0.329 e. The van der Waals surface area contributed by atoms with E-state index in [9.17, 15) is 9.59 Å². The molecule has 2 rings (SSSR count). The van der Waals surface area contributed by atoms with E-state index in [0.717, 1.165) is 16.5 Å². The third-order valence-corrected chi connectivity index (χ3v) is 3.60. The molecule has 2 N–H and O–H groups in total. The Morgan fingerprint density at radius 2 is 1.70 bits per heavy atom. The van der Waals surface area contributed by atoms with E-state index in [1.165, 1.54) is 11.8 Å². The lowest BCUT2D eigenvalue weighted by Crippen LogP contribution is -2.32. The maximum absolute atomic E-state index is 11.7. The van der Waals surface area contributed by atoms with Gasteiger partial charge in [-0.2, -0.15) is 5.10 Å². The molecule has 0 spiro atoms. The van der Waals surface area contributed by atoms with E-state index in [1.54, 1.807) is 24.3 Å². The number of benzene rings is 2. The molecular formula is C17H16BrN3O2. The zero-order chi connectivity index (χ0) is 16.7. The highest BCUT2D eigenvalue weighted by molar-refractivity contribution is 9.10. The van der Waals surface area contributed by atoms with Crippen molar-refractivity contribution < 1.29 is 9.59 Å². The van der Waals surface area contributed by atoms with Gasteiger partial charge in [0.15, 0.2) is 0 Å². The molecule has 6 heteroatoms. The minimum atomic E-state index is -0.825. The number of anilines is 1. The zero-order valence-corrected chi connectivity index (χ0v) is 14.1. The van der Waals surface area contributed by atoms with Gasteiger partial charge in [-0.05, 0) is 41.8 Å². The molecule has 0 heterocycles. The highest BCUT2D eigenvalue weighted by Gasteiger charge is 2.12. The van der Waals surface area contributed by atoms with Gasteiger partial charge in [-0.15, -0.1) is 0 Å². The average Bonchev–Trinajstić information content (AvgIpc) is 2.57. The van der Waals surface area contributed by atoms with Gasteiger partial charge in [0.1, 0.15) is 0 Å². The van der Waals surface area contributed by atoms with Gasteiger partial charge in [0.2, 0.25) is 0 Å². The topological polar surface area (TPSA) is 70.6 Å². The van der Waals surface area contributed by atoms with Crippen molar-refractivity contribution in [1.82, 2.24) is 5.43 Å². The standard InChI is InChI=1S/C17H16BrN3O2/c1-2-12-3-5-13(6-4-12)11-19-21-17(23)16(22)20-15-9-7-14(18)8-10-15/h3-11H,2H2,1H3,(H,20,22)(H,21,23)/b19-11+. The number of halogens is 1. The fourth-order valence-electron chi connectivity index (χ4n) is 1.78. The second-order valence-corrected chi connectivity index (χ2v) is 5.67. The van der Waals surface area contributed by atoms with E-state index in [2.05, 4.69) is 38.7 Å². The molecule has 2 aromatic rings. The smallest absolute Gasteiger partial charge is 0.318 e. The van der Waals surface area contributed by atoms with Crippen LogP contribution in [0, 0.1) is 0 Å². The van der Waals surface area contributed by atoms with Crippen molar-refractivity contribution in [3.8, 4) is 0 Å². The summed E-state index contributed by atoms with van der Waals surface area (Å²) in [5.41, 5.74) is 4.80. The average molecular weight is 374 g/mol. The largest absolute Gasteiger partial charge is 0.329 e. The summed E-state index contributed by atoms with van der Waals surface area (Å²) >= 11 is 3.29. The quantitative estimate of drug-likeness (QED) is 0.491. The number of hydrogen-bond acceptors (Lipinski definition) is 3. The van der Waals surface area contributed by atoms with Crippen molar-refractivity contribution in [1.29, 1.82) is 0 Å².